The van der Waals surface area contributed by atoms with E-state index < -0.39 is 34.5 Å². The highest BCUT2D eigenvalue weighted by atomic mass is 32.2. The Morgan fingerprint density at radius 3 is 2.47 bits per heavy atom. The van der Waals surface area contributed by atoms with Crippen molar-refractivity contribution in [2.75, 3.05) is 33.4 Å². The molecule has 11 heteroatoms. The summed E-state index contributed by atoms with van der Waals surface area (Å²) in [4.78, 5) is 35.4. The zero-order chi connectivity index (χ0) is 23.9. The highest BCUT2D eigenvalue weighted by molar-refractivity contribution is 7.89. The second-order valence-corrected chi connectivity index (χ2v) is 9.66. The Bertz CT molecular complexity index is 968. The van der Waals surface area contributed by atoms with Crippen molar-refractivity contribution in [1.29, 1.82) is 0 Å². The van der Waals surface area contributed by atoms with Gasteiger partial charge in [-0.1, -0.05) is 19.9 Å². The van der Waals surface area contributed by atoms with Gasteiger partial charge >= 0.3 is 12.0 Å². The molecule has 0 bridgehead atoms. The molecule has 176 valence electrons. The van der Waals surface area contributed by atoms with Crippen LogP contribution in [-0.2, 0) is 19.6 Å². The molecule has 1 aromatic rings. The average Bonchev–Trinajstić information content (AvgIpc) is 2.74. The average molecular weight is 468 g/mol. The van der Waals surface area contributed by atoms with E-state index in [1.807, 2.05) is 19.2 Å². The molecule has 1 saturated heterocycles. The van der Waals surface area contributed by atoms with Crippen LogP contribution < -0.4 is 15.4 Å². The van der Waals surface area contributed by atoms with Crippen molar-refractivity contribution in [2.45, 2.75) is 25.2 Å². The first-order valence-electron chi connectivity index (χ1n) is 10.1. The van der Waals surface area contributed by atoms with E-state index in [0.717, 1.165) is 6.42 Å². The van der Waals surface area contributed by atoms with E-state index in [1.54, 1.807) is 0 Å². The molecule has 2 unspecified atom stereocenters. The Balaban J connectivity index is 2.15. The van der Waals surface area contributed by atoms with E-state index in [0.29, 0.717) is 13.1 Å². The van der Waals surface area contributed by atoms with Gasteiger partial charge < -0.3 is 14.8 Å². The molecule has 10 nitrogen and oxygen atoms in total. The molecule has 1 fully saturated rings. The van der Waals surface area contributed by atoms with Crippen LogP contribution in [0.1, 0.15) is 30.6 Å². The first kappa shape index (κ1) is 25.3. The Labute approximate surface area is 188 Å². The maximum atomic E-state index is 13.3. The number of ether oxygens (including phenoxy) is 2. The third-order valence-corrected chi connectivity index (χ3v) is 6.70. The summed E-state index contributed by atoms with van der Waals surface area (Å²) in [7, 11) is -2.58. The summed E-state index contributed by atoms with van der Waals surface area (Å²) in [5.41, 5.74) is -0.0635. The number of benzene rings is 1. The molecule has 0 radical (unpaired) electrons. The van der Waals surface area contributed by atoms with Crippen LogP contribution in [0.4, 0.5) is 4.79 Å². The van der Waals surface area contributed by atoms with Crippen molar-refractivity contribution in [2.24, 2.45) is 11.8 Å². The number of imide groups is 1. The number of carbonyl (C=O) groups is 3. The summed E-state index contributed by atoms with van der Waals surface area (Å²) in [5, 5.41) is 4.33. The minimum Gasteiger partial charge on any atom is -0.495 e. The van der Waals surface area contributed by atoms with E-state index in [9.17, 15) is 22.8 Å². The van der Waals surface area contributed by atoms with Crippen LogP contribution >= 0.6 is 0 Å². The summed E-state index contributed by atoms with van der Waals surface area (Å²) in [6, 6.07) is 3.13. The second kappa shape index (κ2) is 11.1. The van der Waals surface area contributed by atoms with Gasteiger partial charge in [0.05, 0.1) is 12.7 Å². The van der Waals surface area contributed by atoms with Gasteiger partial charge in [0.15, 0.2) is 6.61 Å². The lowest BCUT2D eigenvalue weighted by Gasteiger charge is -2.34. The first-order chi connectivity index (χ1) is 15.1. The normalized spacial score (nSPS) is 19.0. The molecule has 2 N–H and O–H groups in total. The molecule has 2 rings (SSSR count). The van der Waals surface area contributed by atoms with Gasteiger partial charge in [0.2, 0.25) is 10.0 Å². The lowest BCUT2D eigenvalue weighted by atomic mass is 9.94. The van der Waals surface area contributed by atoms with Crippen molar-refractivity contribution in [3.63, 3.8) is 0 Å². The van der Waals surface area contributed by atoms with Gasteiger partial charge in [-0.3, -0.25) is 10.1 Å². The van der Waals surface area contributed by atoms with Crippen LogP contribution in [0.15, 0.2) is 35.7 Å². The number of hydrogen-bond acceptors (Lipinski definition) is 7. The fourth-order valence-electron chi connectivity index (χ4n) is 3.53. The molecular formula is C21H29N3O7S. The molecule has 32 heavy (non-hydrogen) atoms. The zero-order valence-corrected chi connectivity index (χ0v) is 19.2. The number of nitrogens with zero attached hydrogens (tertiary/aromatic N) is 1. The van der Waals surface area contributed by atoms with E-state index in [4.69, 9.17) is 9.47 Å². The Morgan fingerprint density at radius 2 is 1.88 bits per heavy atom. The lowest BCUT2D eigenvalue weighted by Crippen LogP contribution is -2.42. The first-order valence-corrected chi connectivity index (χ1v) is 11.6. The molecule has 0 saturated carbocycles. The smallest absolute Gasteiger partial charge is 0.338 e. The summed E-state index contributed by atoms with van der Waals surface area (Å²) < 4.78 is 38.1. The zero-order valence-electron chi connectivity index (χ0n) is 18.4. The van der Waals surface area contributed by atoms with Gasteiger partial charge in [0, 0.05) is 19.6 Å². The fraction of sp³-hybridized carbons (Fsp3) is 0.476. The number of piperidine rings is 1. The Kier molecular flexibility index (Phi) is 8.79. The third-order valence-electron chi connectivity index (χ3n) is 4.85. The molecule has 0 aromatic heterocycles. The molecule has 1 aliphatic rings. The fourth-order valence-corrected chi connectivity index (χ4v) is 5.39. The van der Waals surface area contributed by atoms with Crippen molar-refractivity contribution in [1.82, 2.24) is 14.9 Å². The van der Waals surface area contributed by atoms with Crippen LogP contribution in [0.2, 0.25) is 0 Å². The number of esters is 1. The number of amides is 3. The molecule has 3 amide bonds. The van der Waals surface area contributed by atoms with Gasteiger partial charge in [0.25, 0.3) is 5.91 Å². The maximum absolute atomic E-state index is 13.3. The highest BCUT2D eigenvalue weighted by Crippen LogP contribution is 2.32. The number of carbonyl (C=O) groups excluding carboxylic acids is 3. The van der Waals surface area contributed by atoms with Crippen LogP contribution in [0.3, 0.4) is 0 Å². The monoisotopic (exact) mass is 467 g/mol. The lowest BCUT2D eigenvalue weighted by molar-refractivity contribution is -0.123. The Hall–Kier alpha value is -2.92. The number of methoxy groups -OCH3 is 1. The molecule has 1 heterocycles. The number of nitrogens with one attached hydrogen (secondary N) is 2. The highest BCUT2D eigenvalue weighted by Gasteiger charge is 2.34. The van der Waals surface area contributed by atoms with E-state index >= 15 is 0 Å². The predicted molar refractivity (Wildman–Crippen MR) is 117 cm³/mol. The largest absolute Gasteiger partial charge is 0.495 e. The topological polar surface area (TPSA) is 131 Å². The van der Waals surface area contributed by atoms with Crippen molar-refractivity contribution >= 4 is 27.9 Å². The van der Waals surface area contributed by atoms with Crippen molar-refractivity contribution in [3.8, 4) is 5.75 Å². The number of urea groups is 1. The third kappa shape index (κ3) is 6.54. The molecule has 0 spiro atoms. The summed E-state index contributed by atoms with van der Waals surface area (Å²) in [5.74, 6) is -1.24. The van der Waals surface area contributed by atoms with Gasteiger partial charge in [-0.05, 0) is 36.5 Å². The standard InChI is InChI=1S/C21H29N3O7S/c1-5-8-22-21(27)23-19(25)13-31-20(26)16-6-7-17(30-4)18(10-16)32(28,29)24-11-14(2)9-15(3)12-24/h5-7,10,14-15H,1,8-9,11-13H2,2-4H3,(H2,22,23,25,27). The predicted octanol–water partition coefficient (Wildman–Crippen LogP) is 1.53. The summed E-state index contributed by atoms with van der Waals surface area (Å²) >= 11 is 0. The number of hydrogen-bond donors (Lipinski definition) is 2. The second-order valence-electron chi connectivity index (χ2n) is 7.76. The van der Waals surface area contributed by atoms with E-state index in [-0.39, 0.29) is 34.6 Å². The van der Waals surface area contributed by atoms with E-state index in [2.05, 4.69) is 11.9 Å². The molecule has 2 atom stereocenters. The number of rotatable bonds is 8. The minimum atomic E-state index is -3.92. The summed E-state index contributed by atoms with van der Waals surface area (Å²) in [6.45, 7) is 7.61. The molecule has 1 aliphatic heterocycles. The SMILES string of the molecule is C=CCNC(=O)NC(=O)COC(=O)c1ccc(OC)c(S(=O)(=O)N2CC(C)CC(C)C2)c1. The molecule has 1 aromatic carbocycles. The van der Waals surface area contributed by atoms with Crippen molar-refractivity contribution < 1.29 is 32.3 Å². The van der Waals surface area contributed by atoms with Crippen LogP contribution in [0.5, 0.6) is 5.75 Å². The van der Waals surface area contributed by atoms with Crippen LogP contribution in [0, 0.1) is 11.8 Å². The number of sulfonamides is 1. The van der Waals surface area contributed by atoms with Crippen molar-refractivity contribution in [3.05, 3.63) is 36.4 Å². The van der Waals surface area contributed by atoms with Gasteiger partial charge in [-0.2, -0.15) is 4.31 Å². The molecule has 0 aliphatic carbocycles. The van der Waals surface area contributed by atoms with Gasteiger partial charge in [0.1, 0.15) is 10.6 Å². The van der Waals surface area contributed by atoms with E-state index in [1.165, 1.54) is 35.7 Å². The quantitative estimate of drug-likeness (QED) is 0.438. The van der Waals surface area contributed by atoms with Crippen LogP contribution in [0.25, 0.3) is 0 Å². The Morgan fingerprint density at radius 1 is 1.22 bits per heavy atom. The molecular weight excluding hydrogens is 438 g/mol. The maximum Gasteiger partial charge on any atom is 0.338 e. The van der Waals surface area contributed by atoms with Crippen LogP contribution in [-0.4, -0.2) is 64.0 Å². The van der Waals surface area contributed by atoms with Gasteiger partial charge in [-0.15, -0.1) is 6.58 Å². The summed E-state index contributed by atoms with van der Waals surface area (Å²) in [6.07, 6.45) is 2.37. The van der Waals surface area contributed by atoms with Gasteiger partial charge in [-0.25, -0.2) is 18.0 Å². The minimum absolute atomic E-state index is 0.0635.